The van der Waals surface area contributed by atoms with E-state index in [1.807, 2.05) is 25.7 Å². The Morgan fingerprint density at radius 3 is 2.60 bits per heavy atom. The molecule has 0 aliphatic carbocycles. The van der Waals surface area contributed by atoms with Gasteiger partial charge in [-0.05, 0) is 48.8 Å². The number of aromatic nitrogens is 2. The average molecular weight is 336 g/mol. The highest BCUT2D eigenvalue weighted by Gasteiger charge is 2.16. The van der Waals surface area contributed by atoms with E-state index < -0.39 is 0 Å². The number of hydrogen-bond acceptors (Lipinski definition) is 2. The van der Waals surface area contributed by atoms with Crippen molar-refractivity contribution in [3.63, 3.8) is 0 Å². The summed E-state index contributed by atoms with van der Waals surface area (Å²) in [5.41, 5.74) is 4.98. The molecule has 108 valence electrons. The fourth-order valence-electron chi connectivity index (χ4n) is 2.54. The van der Waals surface area contributed by atoms with Crippen LogP contribution in [0, 0.1) is 13.8 Å². The molecule has 0 saturated carbocycles. The molecule has 0 fully saturated rings. The van der Waals surface area contributed by atoms with Gasteiger partial charge in [0, 0.05) is 19.5 Å². The van der Waals surface area contributed by atoms with Crippen molar-refractivity contribution >= 4 is 15.9 Å². The average Bonchev–Trinajstić information content (AvgIpc) is 2.64. The largest absolute Gasteiger partial charge is 0.316 e. The Labute approximate surface area is 129 Å². The molecule has 0 saturated heterocycles. The molecule has 4 heteroatoms. The van der Waals surface area contributed by atoms with Gasteiger partial charge in [-0.25, -0.2) is 0 Å². The van der Waals surface area contributed by atoms with E-state index >= 15 is 0 Å². The van der Waals surface area contributed by atoms with Crippen LogP contribution in [0.4, 0.5) is 0 Å². The van der Waals surface area contributed by atoms with Gasteiger partial charge in [-0.2, -0.15) is 5.10 Å². The second kappa shape index (κ2) is 6.55. The Kier molecular flexibility index (Phi) is 5.00. The molecule has 0 aliphatic rings. The lowest BCUT2D eigenvalue weighted by molar-refractivity contribution is 0.532. The van der Waals surface area contributed by atoms with Crippen LogP contribution in [0.2, 0.25) is 0 Å². The molecule has 1 heterocycles. The van der Waals surface area contributed by atoms with Crippen LogP contribution >= 0.6 is 15.9 Å². The lowest BCUT2D eigenvalue weighted by Crippen LogP contribution is -2.30. The molecule has 0 amide bonds. The third kappa shape index (κ3) is 3.49. The maximum Gasteiger partial charge on any atom is 0.0738 e. The zero-order chi connectivity index (χ0) is 14.7. The highest BCUT2D eigenvalue weighted by Crippen LogP contribution is 2.22. The van der Waals surface area contributed by atoms with Crippen molar-refractivity contribution in [3.05, 3.63) is 51.3 Å². The van der Waals surface area contributed by atoms with Crippen LogP contribution in [0.15, 0.2) is 28.7 Å². The number of nitrogens with zero attached hydrogens (tertiary/aromatic N) is 2. The van der Waals surface area contributed by atoms with Gasteiger partial charge in [-0.3, -0.25) is 4.68 Å². The summed E-state index contributed by atoms with van der Waals surface area (Å²) in [4.78, 5) is 0. The highest BCUT2D eigenvalue weighted by molar-refractivity contribution is 9.10. The van der Waals surface area contributed by atoms with E-state index in [1.54, 1.807) is 0 Å². The zero-order valence-electron chi connectivity index (χ0n) is 12.6. The second-order valence-electron chi connectivity index (χ2n) is 5.35. The normalized spacial score (nSPS) is 12.7. The lowest BCUT2D eigenvalue weighted by Gasteiger charge is -2.17. The van der Waals surface area contributed by atoms with Gasteiger partial charge < -0.3 is 5.32 Å². The molecule has 0 radical (unpaired) electrons. The van der Waals surface area contributed by atoms with Gasteiger partial charge in [0.2, 0.25) is 0 Å². The SMILES string of the molecule is CNC(Cc1cccc(C)c1)Cc1c(Br)c(C)nn1C. The Balaban J connectivity index is 2.13. The van der Waals surface area contributed by atoms with Crippen LogP contribution in [-0.4, -0.2) is 22.9 Å². The molecule has 1 aromatic heterocycles. The van der Waals surface area contributed by atoms with Gasteiger partial charge in [-0.15, -0.1) is 0 Å². The Bertz CT molecular complexity index is 589. The van der Waals surface area contributed by atoms with E-state index in [4.69, 9.17) is 0 Å². The maximum atomic E-state index is 4.46. The number of nitrogens with one attached hydrogen (secondary N) is 1. The predicted octanol–water partition coefficient (Wildman–Crippen LogP) is 3.17. The Morgan fingerprint density at radius 2 is 2.05 bits per heavy atom. The molecule has 0 aliphatic heterocycles. The van der Waals surface area contributed by atoms with E-state index in [2.05, 4.69) is 57.5 Å². The second-order valence-corrected chi connectivity index (χ2v) is 6.15. The fraction of sp³-hybridized carbons (Fsp3) is 0.438. The first-order valence-corrected chi connectivity index (χ1v) is 7.71. The van der Waals surface area contributed by atoms with Crippen molar-refractivity contribution in [3.8, 4) is 0 Å². The third-order valence-electron chi connectivity index (χ3n) is 3.67. The minimum absolute atomic E-state index is 0.405. The van der Waals surface area contributed by atoms with E-state index in [0.29, 0.717) is 6.04 Å². The molecule has 1 unspecified atom stereocenters. The monoisotopic (exact) mass is 335 g/mol. The van der Waals surface area contributed by atoms with Crippen LogP contribution in [0.5, 0.6) is 0 Å². The van der Waals surface area contributed by atoms with Gasteiger partial charge in [-0.1, -0.05) is 29.8 Å². The maximum absolute atomic E-state index is 4.46. The van der Waals surface area contributed by atoms with Gasteiger partial charge >= 0.3 is 0 Å². The van der Waals surface area contributed by atoms with Crippen LogP contribution in [0.1, 0.15) is 22.5 Å². The van der Waals surface area contributed by atoms with Gasteiger partial charge in [0.15, 0.2) is 0 Å². The number of hydrogen-bond donors (Lipinski definition) is 1. The summed E-state index contributed by atoms with van der Waals surface area (Å²) < 4.78 is 3.10. The number of benzene rings is 1. The zero-order valence-corrected chi connectivity index (χ0v) is 14.2. The first kappa shape index (κ1) is 15.3. The number of likely N-dealkylation sites (N-methyl/N-ethyl adjacent to an activating group) is 1. The summed E-state index contributed by atoms with van der Waals surface area (Å²) in [6, 6.07) is 9.12. The molecule has 2 aromatic rings. The third-order valence-corrected chi connectivity index (χ3v) is 4.71. The van der Waals surface area contributed by atoms with Crippen LogP contribution in [0.25, 0.3) is 0 Å². The molecular formula is C16H22BrN3. The molecule has 1 N–H and O–H groups in total. The van der Waals surface area contributed by atoms with Crippen molar-refractivity contribution in [2.45, 2.75) is 32.7 Å². The molecule has 1 atom stereocenters. The summed E-state index contributed by atoms with van der Waals surface area (Å²) in [5.74, 6) is 0. The van der Waals surface area contributed by atoms with E-state index in [1.165, 1.54) is 16.8 Å². The van der Waals surface area contributed by atoms with Crippen molar-refractivity contribution in [1.82, 2.24) is 15.1 Å². The summed E-state index contributed by atoms with van der Waals surface area (Å²) in [7, 11) is 4.03. The summed E-state index contributed by atoms with van der Waals surface area (Å²) in [6.45, 7) is 4.17. The first-order chi connectivity index (χ1) is 9.51. The Morgan fingerprint density at radius 1 is 1.30 bits per heavy atom. The van der Waals surface area contributed by atoms with E-state index in [-0.39, 0.29) is 0 Å². The number of rotatable bonds is 5. The van der Waals surface area contributed by atoms with Crippen molar-refractivity contribution < 1.29 is 0 Å². The molecule has 0 spiro atoms. The standard InChI is InChI=1S/C16H22BrN3/c1-11-6-5-7-13(8-11)9-14(18-3)10-15-16(17)12(2)19-20(15)4/h5-8,14,18H,9-10H2,1-4H3. The minimum atomic E-state index is 0.405. The molecule has 20 heavy (non-hydrogen) atoms. The van der Waals surface area contributed by atoms with Crippen molar-refractivity contribution in [1.29, 1.82) is 0 Å². The predicted molar refractivity (Wildman–Crippen MR) is 87.1 cm³/mol. The molecule has 2 rings (SSSR count). The lowest BCUT2D eigenvalue weighted by atomic mass is 10.0. The number of aryl methyl sites for hydroxylation is 3. The van der Waals surface area contributed by atoms with Crippen molar-refractivity contribution in [2.75, 3.05) is 7.05 Å². The molecular weight excluding hydrogens is 314 g/mol. The van der Waals surface area contributed by atoms with Crippen LogP contribution in [-0.2, 0) is 19.9 Å². The highest BCUT2D eigenvalue weighted by atomic mass is 79.9. The number of halogens is 1. The summed E-state index contributed by atoms with van der Waals surface area (Å²) in [6.07, 6.45) is 1.98. The van der Waals surface area contributed by atoms with Gasteiger partial charge in [0.25, 0.3) is 0 Å². The fourth-order valence-corrected chi connectivity index (χ4v) is 3.03. The topological polar surface area (TPSA) is 29.9 Å². The summed E-state index contributed by atoms with van der Waals surface area (Å²) >= 11 is 3.64. The quantitative estimate of drug-likeness (QED) is 0.909. The molecule has 0 bridgehead atoms. The van der Waals surface area contributed by atoms with Crippen LogP contribution in [0.3, 0.4) is 0 Å². The van der Waals surface area contributed by atoms with Gasteiger partial charge in [0.1, 0.15) is 0 Å². The van der Waals surface area contributed by atoms with Crippen LogP contribution < -0.4 is 5.32 Å². The van der Waals surface area contributed by atoms with Gasteiger partial charge in [0.05, 0.1) is 15.9 Å². The Hall–Kier alpha value is -1.13. The molecule has 1 aromatic carbocycles. The first-order valence-electron chi connectivity index (χ1n) is 6.92. The van der Waals surface area contributed by atoms with E-state index in [0.717, 1.165) is 23.0 Å². The smallest absolute Gasteiger partial charge is 0.0738 e. The minimum Gasteiger partial charge on any atom is -0.316 e. The summed E-state index contributed by atoms with van der Waals surface area (Å²) in [5, 5.41) is 7.88. The molecule has 3 nitrogen and oxygen atoms in total. The van der Waals surface area contributed by atoms with Crippen molar-refractivity contribution in [2.24, 2.45) is 7.05 Å². The van der Waals surface area contributed by atoms with E-state index in [9.17, 15) is 0 Å².